The molecule has 4 nitrogen and oxygen atoms in total. The highest BCUT2D eigenvalue weighted by Gasteiger charge is 2.23. The van der Waals surface area contributed by atoms with E-state index in [0.29, 0.717) is 12.5 Å². The van der Waals surface area contributed by atoms with Crippen LogP contribution in [0.5, 0.6) is 0 Å². The number of nitrogens with one attached hydrogen (secondary N) is 1. The van der Waals surface area contributed by atoms with Gasteiger partial charge in [-0.15, -0.1) is 0 Å². The molecule has 1 heterocycles. The number of anilines is 1. The van der Waals surface area contributed by atoms with Crippen LogP contribution < -0.4 is 5.32 Å². The average Bonchev–Trinajstić information content (AvgIpc) is 2.89. The molecule has 0 aliphatic carbocycles. The first kappa shape index (κ1) is 15.0. The molecule has 0 radical (unpaired) electrons. The first-order chi connectivity index (χ1) is 9.71. The zero-order valence-corrected chi connectivity index (χ0v) is 12.1. The summed E-state index contributed by atoms with van der Waals surface area (Å²) in [6, 6.07) is 8.06. The Morgan fingerprint density at radius 1 is 1.40 bits per heavy atom. The Balaban J connectivity index is 1.79. The Hall–Kier alpha value is -1.39. The van der Waals surface area contributed by atoms with Gasteiger partial charge in [0.15, 0.2) is 0 Å². The number of hydrogen-bond donors (Lipinski definition) is 2. The molecule has 1 amide bonds. The van der Waals surface area contributed by atoms with Crippen LogP contribution in [0.15, 0.2) is 24.3 Å². The van der Waals surface area contributed by atoms with Gasteiger partial charge in [0.05, 0.1) is 6.54 Å². The van der Waals surface area contributed by atoms with Crippen molar-refractivity contribution in [2.75, 3.05) is 31.6 Å². The highest BCUT2D eigenvalue weighted by atomic mass is 16.3. The van der Waals surface area contributed by atoms with Gasteiger partial charge in [0.2, 0.25) is 5.91 Å². The van der Waals surface area contributed by atoms with Crippen molar-refractivity contribution in [2.24, 2.45) is 5.92 Å². The summed E-state index contributed by atoms with van der Waals surface area (Å²) in [6.45, 7) is 4.50. The van der Waals surface area contributed by atoms with E-state index in [9.17, 15) is 4.79 Å². The first-order valence-corrected chi connectivity index (χ1v) is 7.43. The van der Waals surface area contributed by atoms with Gasteiger partial charge in [-0.05, 0) is 43.0 Å². The molecule has 0 spiro atoms. The summed E-state index contributed by atoms with van der Waals surface area (Å²) in [5.74, 6) is 0.350. The van der Waals surface area contributed by atoms with Crippen LogP contribution in [0.25, 0.3) is 0 Å². The molecule has 0 saturated carbocycles. The third-order valence-electron chi connectivity index (χ3n) is 3.77. The fraction of sp³-hybridized carbons (Fsp3) is 0.562. The minimum atomic E-state index is 0.0202. The second kappa shape index (κ2) is 7.41. The summed E-state index contributed by atoms with van der Waals surface area (Å²) in [7, 11) is 0. The minimum Gasteiger partial charge on any atom is -0.396 e. The second-order valence-corrected chi connectivity index (χ2v) is 5.57. The predicted molar refractivity (Wildman–Crippen MR) is 80.7 cm³/mol. The lowest BCUT2D eigenvalue weighted by molar-refractivity contribution is -0.117. The van der Waals surface area contributed by atoms with Gasteiger partial charge in [0, 0.05) is 18.8 Å². The Morgan fingerprint density at radius 3 is 2.75 bits per heavy atom. The minimum absolute atomic E-state index is 0.0202. The van der Waals surface area contributed by atoms with E-state index in [2.05, 4.69) is 29.3 Å². The number of carbonyl (C=O) groups excluding carboxylic acids is 1. The van der Waals surface area contributed by atoms with Gasteiger partial charge in [-0.1, -0.05) is 25.5 Å². The number of nitrogens with zero attached hydrogens (tertiary/aromatic N) is 1. The summed E-state index contributed by atoms with van der Waals surface area (Å²) >= 11 is 0. The van der Waals surface area contributed by atoms with E-state index >= 15 is 0 Å². The summed E-state index contributed by atoms with van der Waals surface area (Å²) in [6.07, 6.45) is 3.19. The zero-order chi connectivity index (χ0) is 14.4. The number of aryl methyl sites for hydroxylation is 1. The van der Waals surface area contributed by atoms with Gasteiger partial charge >= 0.3 is 0 Å². The molecule has 1 saturated heterocycles. The molecule has 1 unspecified atom stereocenters. The third kappa shape index (κ3) is 4.32. The fourth-order valence-electron chi connectivity index (χ4n) is 2.65. The lowest BCUT2D eigenvalue weighted by Gasteiger charge is -2.15. The van der Waals surface area contributed by atoms with Crippen molar-refractivity contribution in [3.05, 3.63) is 29.8 Å². The van der Waals surface area contributed by atoms with E-state index in [0.717, 1.165) is 38.0 Å². The molecule has 0 aromatic heterocycles. The average molecular weight is 276 g/mol. The van der Waals surface area contributed by atoms with Crippen LogP contribution in [-0.2, 0) is 11.2 Å². The SMILES string of the molecule is CCCc1ccc(NC(=O)CN2CCC(CO)C2)cc1. The lowest BCUT2D eigenvalue weighted by atomic mass is 10.1. The smallest absolute Gasteiger partial charge is 0.238 e. The van der Waals surface area contributed by atoms with Crippen LogP contribution in [0.3, 0.4) is 0 Å². The van der Waals surface area contributed by atoms with Crippen LogP contribution in [0.2, 0.25) is 0 Å². The summed E-state index contributed by atoms with van der Waals surface area (Å²) in [4.78, 5) is 14.1. The van der Waals surface area contributed by atoms with E-state index in [1.165, 1.54) is 5.56 Å². The predicted octanol–water partition coefficient (Wildman–Crippen LogP) is 1.89. The number of rotatable bonds is 6. The number of likely N-dealkylation sites (tertiary alicyclic amines) is 1. The molecule has 20 heavy (non-hydrogen) atoms. The summed E-state index contributed by atoms with van der Waals surface area (Å²) in [5.41, 5.74) is 2.16. The first-order valence-electron chi connectivity index (χ1n) is 7.43. The molecule has 1 atom stereocenters. The van der Waals surface area contributed by atoms with Crippen molar-refractivity contribution in [3.63, 3.8) is 0 Å². The van der Waals surface area contributed by atoms with Gasteiger partial charge in [0.25, 0.3) is 0 Å². The molecule has 110 valence electrons. The Kier molecular flexibility index (Phi) is 5.56. The van der Waals surface area contributed by atoms with E-state index in [1.807, 2.05) is 12.1 Å². The number of aliphatic hydroxyl groups is 1. The highest BCUT2D eigenvalue weighted by Crippen LogP contribution is 2.15. The maximum Gasteiger partial charge on any atom is 0.238 e. The van der Waals surface area contributed by atoms with Gasteiger partial charge in [0.1, 0.15) is 0 Å². The van der Waals surface area contributed by atoms with Gasteiger partial charge in [-0.2, -0.15) is 0 Å². The largest absolute Gasteiger partial charge is 0.396 e. The number of benzene rings is 1. The standard InChI is InChI=1S/C16H24N2O2/c1-2-3-13-4-6-15(7-5-13)17-16(20)11-18-9-8-14(10-18)12-19/h4-7,14,19H,2-3,8-12H2,1H3,(H,17,20). The normalized spacial score (nSPS) is 19.2. The lowest BCUT2D eigenvalue weighted by Crippen LogP contribution is -2.31. The van der Waals surface area contributed by atoms with Gasteiger partial charge in [-0.25, -0.2) is 0 Å². The van der Waals surface area contributed by atoms with E-state index in [-0.39, 0.29) is 12.5 Å². The fourth-order valence-corrected chi connectivity index (χ4v) is 2.65. The monoisotopic (exact) mass is 276 g/mol. The maximum atomic E-state index is 12.0. The number of amides is 1. The Morgan fingerprint density at radius 2 is 2.15 bits per heavy atom. The van der Waals surface area contributed by atoms with Crippen LogP contribution in [-0.4, -0.2) is 42.2 Å². The van der Waals surface area contributed by atoms with Crippen molar-refractivity contribution in [2.45, 2.75) is 26.2 Å². The molecule has 2 N–H and O–H groups in total. The zero-order valence-electron chi connectivity index (χ0n) is 12.1. The van der Waals surface area contributed by atoms with Gasteiger partial charge < -0.3 is 10.4 Å². The second-order valence-electron chi connectivity index (χ2n) is 5.57. The summed E-state index contributed by atoms with van der Waals surface area (Å²) < 4.78 is 0. The van der Waals surface area contributed by atoms with Crippen molar-refractivity contribution >= 4 is 11.6 Å². The Bertz CT molecular complexity index is 431. The van der Waals surface area contributed by atoms with E-state index in [4.69, 9.17) is 5.11 Å². The van der Waals surface area contributed by atoms with Crippen LogP contribution in [0, 0.1) is 5.92 Å². The number of aliphatic hydroxyl groups excluding tert-OH is 1. The van der Waals surface area contributed by atoms with Gasteiger partial charge in [-0.3, -0.25) is 9.69 Å². The summed E-state index contributed by atoms with van der Waals surface area (Å²) in [5, 5.41) is 12.0. The molecule has 1 aliphatic heterocycles. The van der Waals surface area contributed by atoms with E-state index < -0.39 is 0 Å². The molecule has 1 aliphatic rings. The quantitative estimate of drug-likeness (QED) is 0.834. The van der Waals surface area contributed by atoms with Crippen LogP contribution >= 0.6 is 0 Å². The molecular weight excluding hydrogens is 252 g/mol. The maximum absolute atomic E-state index is 12.0. The van der Waals surface area contributed by atoms with Crippen LogP contribution in [0.1, 0.15) is 25.3 Å². The molecule has 1 aromatic rings. The van der Waals surface area contributed by atoms with Crippen molar-refractivity contribution in [1.29, 1.82) is 0 Å². The van der Waals surface area contributed by atoms with Crippen molar-refractivity contribution in [1.82, 2.24) is 4.90 Å². The van der Waals surface area contributed by atoms with Crippen molar-refractivity contribution < 1.29 is 9.90 Å². The number of carbonyl (C=O) groups is 1. The number of hydrogen-bond acceptors (Lipinski definition) is 3. The molecule has 2 rings (SSSR count). The van der Waals surface area contributed by atoms with Crippen LogP contribution in [0.4, 0.5) is 5.69 Å². The molecule has 1 aromatic carbocycles. The third-order valence-corrected chi connectivity index (χ3v) is 3.77. The topological polar surface area (TPSA) is 52.6 Å². The highest BCUT2D eigenvalue weighted by molar-refractivity contribution is 5.92. The Labute approximate surface area is 120 Å². The van der Waals surface area contributed by atoms with E-state index in [1.54, 1.807) is 0 Å². The molecule has 4 heteroatoms. The molecular formula is C16H24N2O2. The van der Waals surface area contributed by atoms with Crippen molar-refractivity contribution in [3.8, 4) is 0 Å². The molecule has 1 fully saturated rings. The molecule has 0 bridgehead atoms.